The fourth-order valence-electron chi connectivity index (χ4n) is 3.70. The van der Waals surface area contributed by atoms with Gasteiger partial charge in [-0.25, -0.2) is 4.79 Å². The van der Waals surface area contributed by atoms with E-state index in [0.29, 0.717) is 17.7 Å². The van der Waals surface area contributed by atoms with Crippen LogP contribution in [0.5, 0.6) is 0 Å². The molecule has 3 rings (SSSR count). The molecule has 8 heteroatoms. The van der Waals surface area contributed by atoms with Crippen LogP contribution in [0.4, 0.5) is 10.5 Å². The third-order valence-corrected chi connectivity index (χ3v) is 5.53. The summed E-state index contributed by atoms with van der Waals surface area (Å²) >= 11 is 3.39. The van der Waals surface area contributed by atoms with Gasteiger partial charge in [0.25, 0.3) is 0 Å². The highest BCUT2D eigenvalue weighted by Gasteiger charge is 2.44. The van der Waals surface area contributed by atoms with Crippen LogP contribution in [0, 0.1) is 16.0 Å². The van der Waals surface area contributed by atoms with Gasteiger partial charge >= 0.3 is 6.09 Å². The Morgan fingerprint density at radius 1 is 1.29 bits per heavy atom. The number of aliphatic hydroxyl groups is 1. The van der Waals surface area contributed by atoms with Crippen molar-refractivity contribution in [2.24, 2.45) is 5.92 Å². The third-order valence-electron chi connectivity index (χ3n) is 5.03. The number of aliphatic hydroxyl groups excluding tert-OH is 1. The van der Waals surface area contributed by atoms with Gasteiger partial charge in [-0.2, -0.15) is 0 Å². The molecule has 0 aliphatic carbocycles. The second-order valence-electron chi connectivity index (χ2n) is 6.72. The quantitative estimate of drug-likeness (QED) is 0.543. The van der Waals surface area contributed by atoms with Crippen molar-refractivity contribution in [3.63, 3.8) is 0 Å². The maximum atomic E-state index is 12.8. The first kappa shape index (κ1) is 20.3. The predicted octanol–water partition coefficient (Wildman–Crippen LogP) is 4.31. The maximum absolute atomic E-state index is 12.8. The Bertz CT molecular complexity index is 861. The zero-order valence-corrected chi connectivity index (χ0v) is 16.9. The first-order chi connectivity index (χ1) is 13.4. The minimum atomic E-state index is -1.20. The van der Waals surface area contributed by atoms with E-state index in [1.165, 1.54) is 4.90 Å². The van der Waals surface area contributed by atoms with Crippen molar-refractivity contribution in [1.29, 1.82) is 0 Å². The first-order valence-electron chi connectivity index (χ1n) is 9.01. The number of fused-ring (bicyclic) bond motifs is 1. The number of halogens is 1. The molecule has 3 atom stereocenters. The van der Waals surface area contributed by atoms with E-state index >= 15 is 0 Å². The van der Waals surface area contributed by atoms with E-state index in [-0.39, 0.29) is 18.1 Å². The van der Waals surface area contributed by atoms with Gasteiger partial charge in [-0.3, -0.25) is 15.0 Å². The number of carbonyl (C=O) groups is 1. The number of nitro groups is 1. The van der Waals surface area contributed by atoms with Crippen molar-refractivity contribution in [3.05, 3.63) is 74.2 Å². The lowest BCUT2D eigenvalue weighted by Gasteiger charge is -2.41. The minimum absolute atomic E-state index is 0.0733. The summed E-state index contributed by atoms with van der Waals surface area (Å²) in [7, 11) is 0. The second kappa shape index (κ2) is 8.70. The number of rotatable bonds is 5. The van der Waals surface area contributed by atoms with Gasteiger partial charge in [0, 0.05) is 15.3 Å². The molecule has 7 nitrogen and oxygen atoms in total. The molecular formula is C20H21BrN2O5. The number of hydrogen-bond donors (Lipinski definition) is 1. The zero-order chi connectivity index (χ0) is 20.3. The van der Waals surface area contributed by atoms with Crippen LogP contribution in [0.3, 0.4) is 0 Å². The van der Waals surface area contributed by atoms with Crippen LogP contribution in [0.25, 0.3) is 0 Å². The highest BCUT2D eigenvalue weighted by atomic mass is 79.9. The van der Waals surface area contributed by atoms with Gasteiger partial charge in [0.1, 0.15) is 12.8 Å². The fourth-order valence-corrected chi connectivity index (χ4v) is 4.08. The Balaban J connectivity index is 1.93. The number of carbonyl (C=O) groups excluding carboxylic acids is 1. The van der Waals surface area contributed by atoms with Crippen LogP contribution in [0.1, 0.15) is 30.4 Å². The highest BCUT2D eigenvalue weighted by Crippen LogP contribution is 2.44. The summed E-state index contributed by atoms with van der Waals surface area (Å²) in [6.07, 6.45) is -1.40. The van der Waals surface area contributed by atoms with Gasteiger partial charge in [-0.1, -0.05) is 53.2 Å². The average molecular weight is 449 g/mol. The lowest BCUT2D eigenvalue weighted by atomic mass is 9.78. The lowest BCUT2D eigenvalue weighted by molar-refractivity contribution is -0.485. The fraction of sp³-hybridized carbons (Fsp3) is 0.350. The lowest BCUT2D eigenvalue weighted by Crippen LogP contribution is -2.51. The number of hydrogen-bond acceptors (Lipinski definition) is 5. The van der Waals surface area contributed by atoms with Crippen molar-refractivity contribution >= 4 is 27.7 Å². The summed E-state index contributed by atoms with van der Waals surface area (Å²) in [4.78, 5) is 24.9. The molecule has 0 radical (unpaired) electrons. The van der Waals surface area contributed by atoms with E-state index in [0.717, 1.165) is 10.0 Å². The van der Waals surface area contributed by atoms with E-state index in [1.807, 2.05) is 37.3 Å². The van der Waals surface area contributed by atoms with E-state index in [9.17, 15) is 20.0 Å². The molecule has 1 aliphatic heterocycles. The Morgan fingerprint density at radius 2 is 2.00 bits per heavy atom. The average Bonchev–Trinajstić information content (AvgIpc) is 2.67. The van der Waals surface area contributed by atoms with E-state index in [4.69, 9.17) is 4.74 Å². The number of nitrogens with zero attached hydrogens (tertiary/aromatic N) is 2. The number of anilines is 1. The maximum Gasteiger partial charge on any atom is 0.416 e. The van der Waals surface area contributed by atoms with E-state index in [2.05, 4.69) is 15.9 Å². The number of benzene rings is 2. The summed E-state index contributed by atoms with van der Waals surface area (Å²) < 4.78 is 6.17. The van der Waals surface area contributed by atoms with Crippen LogP contribution in [-0.4, -0.2) is 28.9 Å². The van der Waals surface area contributed by atoms with Crippen LogP contribution >= 0.6 is 15.9 Å². The van der Waals surface area contributed by atoms with Gasteiger partial charge in [0.05, 0.1) is 11.6 Å². The molecular weight excluding hydrogens is 428 g/mol. The minimum Gasteiger partial charge on any atom is -0.444 e. The topological polar surface area (TPSA) is 92.9 Å². The first-order valence-corrected chi connectivity index (χ1v) is 9.81. The molecule has 0 spiro atoms. The van der Waals surface area contributed by atoms with Crippen molar-refractivity contribution in [2.75, 3.05) is 11.4 Å². The Labute approximate surface area is 171 Å². The molecule has 1 heterocycles. The molecule has 0 fully saturated rings. The monoisotopic (exact) mass is 448 g/mol. The molecule has 2 aromatic rings. The molecule has 1 amide bonds. The van der Waals surface area contributed by atoms with Gasteiger partial charge < -0.3 is 9.84 Å². The predicted molar refractivity (Wildman–Crippen MR) is 108 cm³/mol. The summed E-state index contributed by atoms with van der Waals surface area (Å²) in [6.45, 7) is 1.60. The Hall–Kier alpha value is -2.45. The Morgan fingerprint density at radius 3 is 2.64 bits per heavy atom. The van der Waals surface area contributed by atoms with Crippen molar-refractivity contribution in [3.8, 4) is 0 Å². The normalized spacial score (nSPS) is 21.1. The van der Waals surface area contributed by atoms with Gasteiger partial charge in [-0.15, -0.1) is 0 Å². The molecule has 0 saturated heterocycles. The molecule has 0 bridgehead atoms. The van der Waals surface area contributed by atoms with Crippen LogP contribution in [0.2, 0.25) is 0 Å². The van der Waals surface area contributed by atoms with Gasteiger partial charge in [-0.05, 0) is 35.7 Å². The molecule has 0 aromatic heterocycles. The smallest absolute Gasteiger partial charge is 0.416 e. The van der Waals surface area contributed by atoms with E-state index < -0.39 is 24.2 Å². The zero-order valence-electron chi connectivity index (χ0n) is 15.3. The largest absolute Gasteiger partial charge is 0.444 e. The van der Waals surface area contributed by atoms with Crippen LogP contribution in [-0.2, 0) is 11.3 Å². The number of ether oxygens (including phenoxy) is 1. The van der Waals surface area contributed by atoms with Gasteiger partial charge in [0.2, 0.25) is 6.54 Å². The molecule has 28 heavy (non-hydrogen) atoms. The van der Waals surface area contributed by atoms with E-state index in [1.54, 1.807) is 18.2 Å². The Kier molecular flexibility index (Phi) is 6.31. The highest BCUT2D eigenvalue weighted by molar-refractivity contribution is 9.10. The summed E-state index contributed by atoms with van der Waals surface area (Å²) in [5.41, 5.74) is 1.92. The summed E-state index contributed by atoms with van der Waals surface area (Å²) in [5, 5.41) is 22.1. The number of amides is 1. The molecule has 1 N–H and O–H groups in total. The molecule has 0 saturated carbocycles. The van der Waals surface area contributed by atoms with Crippen molar-refractivity contribution < 1.29 is 19.6 Å². The summed E-state index contributed by atoms with van der Waals surface area (Å²) in [5.74, 6) is -0.975. The SMILES string of the molecule is CC[C@@H]1[C@H](C[N+](=O)[O-])c2cc(Br)ccc2N(C(=O)OCc2ccccc2)[C@@H]1O. The standard InChI is InChI=1S/C20H21BrN2O5/c1-2-15-17(11-22(26)27)16-10-14(21)8-9-18(16)23(19(15)24)20(25)28-12-13-6-4-3-5-7-13/h3-10,15,17,19,24H,2,11-12H2,1H3/t15-,17+,19-/m1/s1. The van der Waals surface area contributed by atoms with Gasteiger partial charge in [0.15, 0.2) is 0 Å². The van der Waals surface area contributed by atoms with Crippen molar-refractivity contribution in [1.82, 2.24) is 0 Å². The summed E-state index contributed by atoms with van der Waals surface area (Å²) in [6, 6.07) is 14.4. The second-order valence-corrected chi connectivity index (χ2v) is 7.64. The van der Waals surface area contributed by atoms with Crippen molar-refractivity contribution in [2.45, 2.75) is 32.1 Å². The molecule has 148 valence electrons. The molecule has 1 aliphatic rings. The van der Waals surface area contributed by atoms with Crippen LogP contribution < -0.4 is 4.90 Å². The molecule has 0 unspecified atom stereocenters. The van der Waals surface area contributed by atoms with Crippen LogP contribution in [0.15, 0.2) is 53.0 Å². The third kappa shape index (κ3) is 4.18. The molecule has 2 aromatic carbocycles.